The highest BCUT2D eigenvalue weighted by Gasteiger charge is 2.36. The molecular formula is C57H39N3O. The summed E-state index contributed by atoms with van der Waals surface area (Å²) in [5.41, 5.74) is 16.7. The van der Waals surface area contributed by atoms with Crippen LogP contribution in [-0.2, 0) is 0 Å². The van der Waals surface area contributed by atoms with Gasteiger partial charge >= 0.3 is 0 Å². The van der Waals surface area contributed by atoms with E-state index in [9.17, 15) is 0 Å². The maximum absolute atomic E-state index is 6.77. The van der Waals surface area contributed by atoms with Crippen LogP contribution < -0.4 is 4.90 Å². The average molecular weight is 782 g/mol. The van der Waals surface area contributed by atoms with E-state index in [1.807, 2.05) is 0 Å². The Morgan fingerprint density at radius 2 is 1.36 bits per heavy atom. The molecule has 288 valence electrons. The van der Waals surface area contributed by atoms with Gasteiger partial charge in [0.1, 0.15) is 17.2 Å². The van der Waals surface area contributed by atoms with Gasteiger partial charge in [-0.1, -0.05) is 146 Å². The van der Waals surface area contributed by atoms with Gasteiger partial charge in [-0.05, 0) is 100.0 Å². The highest BCUT2D eigenvalue weighted by atomic mass is 16.3. The van der Waals surface area contributed by atoms with E-state index in [1.54, 1.807) is 0 Å². The molecule has 0 N–H and O–H groups in total. The number of para-hydroxylation sites is 2. The van der Waals surface area contributed by atoms with Crippen molar-refractivity contribution in [2.24, 2.45) is 4.99 Å². The standard InChI is InChI=1S/C57H39N3O/c1-3-14-36(15-4-1)32-46-42-18-7-8-19-43(42)48-35-53-49(34-47(46)48)44-20-9-11-23-51(44)59(53)40-30-31-45-55(33-40)61-54-25-13-21-41(56(45)54)37-26-28-38(29-27-37)57-58-50-22-10-12-24-52(50)60(57)39-16-5-2-6-17-39/h1-20,22-35,41,50,52H,21H2/b46-32-. The van der Waals surface area contributed by atoms with Crippen molar-refractivity contribution >= 4 is 62.0 Å². The number of rotatable bonds is 5. The van der Waals surface area contributed by atoms with Gasteiger partial charge in [0, 0.05) is 50.6 Å². The molecule has 3 heterocycles. The maximum Gasteiger partial charge on any atom is 0.137 e. The van der Waals surface area contributed by atoms with Crippen molar-refractivity contribution in [2.45, 2.75) is 24.4 Å². The molecule has 3 atom stereocenters. The van der Waals surface area contributed by atoms with Crippen LogP contribution >= 0.6 is 0 Å². The van der Waals surface area contributed by atoms with E-state index < -0.39 is 0 Å². The SMILES string of the molecule is C1=CC2N=C(c3ccc(C4CC=Cc5oc6cc(-n7c8ccccc8c8cc9c(cc87)-c7ccccc7/C9=C/c7ccccc7)ccc6c54)cc3)N(c3ccccc3)C2C=C1. The van der Waals surface area contributed by atoms with Crippen LogP contribution in [0.1, 0.15) is 51.5 Å². The third-order valence-corrected chi connectivity index (χ3v) is 13.2. The highest BCUT2D eigenvalue weighted by Crippen LogP contribution is 2.49. The number of anilines is 1. The molecule has 0 amide bonds. The maximum atomic E-state index is 6.77. The molecule has 4 nitrogen and oxygen atoms in total. The van der Waals surface area contributed by atoms with Crippen molar-refractivity contribution < 1.29 is 4.42 Å². The van der Waals surface area contributed by atoms with Crippen molar-refractivity contribution in [1.29, 1.82) is 0 Å². The minimum atomic E-state index is 0.100. The van der Waals surface area contributed by atoms with Crippen LogP contribution in [0.15, 0.2) is 204 Å². The molecule has 9 aromatic rings. The lowest BCUT2D eigenvalue weighted by Crippen LogP contribution is -2.39. The van der Waals surface area contributed by atoms with Crippen molar-refractivity contribution in [3.8, 4) is 16.8 Å². The predicted molar refractivity (Wildman–Crippen MR) is 253 cm³/mol. The zero-order chi connectivity index (χ0) is 40.0. The fourth-order valence-electron chi connectivity index (χ4n) is 10.4. The lowest BCUT2D eigenvalue weighted by molar-refractivity contribution is 0.589. The highest BCUT2D eigenvalue weighted by molar-refractivity contribution is 6.16. The summed E-state index contributed by atoms with van der Waals surface area (Å²) >= 11 is 0. The van der Waals surface area contributed by atoms with Gasteiger partial charge in [0.05, 0.1) is 23.1 Å². The fourth-order valence-corrected chi connectivity index (χ4v) is 10.4. The quantitative estimate of drug-likeness (QED) is 0.174. The van der Waals surface area contributed by atoms with Gasteiger partial charge in [-0.15, -0.1) is 0 Å². The van der Waals surface area contributed by atoms with Crippen LogP contribution in [0.5, 0.6) is 0 Å². The Balaban J connectivity index is 0.894. The first-order valence-corrected chi connectivity index (χ1v) is 21.3. The topological polar surface area (TPSA) is 33.7 Å². The summed E-state index contributed by atoms with van der Waals surface area (Å²) in [6.07, 6.45) is 16.4. The van der Waals surface area contributed by atoms with Crippen LogP contribution in [0.25, 0.3) is 67.3 Å². The van der Waals surface area contributed by atoms with E-state index in [-0.39, 0.29) is 18.0 Å². The molecule has 0 spiro atoms. The van der Waals surface area contributed by atoms with E-state index in [1.165, 1.54) is 71.7 Å². The number of hydrogen-bond donors (Lipinski definition) is 0. The Bertz CT molecular complexity index is 3400. The molecule has 7 aromatic carbocycles. The van der Waals surface area contributed by atoms with E-state index in [0.29, 0.717) is 0 Å². The predicted octanol–water partition coefficient (Wildman–Crippen LogP) is 13.8. The zero-order valence-corrected chi connectivity index (χ0v) is 33.3. The molecule has 0 bridgehead atoms. The molecule has 4 aliphatic rings. The van der Waals surface area contributed by atoms with Crippen molar-refractivity contribution in [3.63, 3.8) is 0 Å². The minimum Gasteiger partial charge on any atom is -0.456 e. The molecule has 61 heavy (non-hydrogen) atoms. The third kappa shape index (κ3) is 5.28. The van der Waals surface area contributed by atoms with Gasteiger partial charge < -0.3 is 13.9 Å². The summed E-state index contributed by atoms with van der Waals surface area (Å²) < 4.78 is 9.19. The molecule has 0 fully saturated rings. The lowest BCUT2D eigenvalue weighted by Gasteiger charge is -2.29. The summed E-state index contributed by atoms with van der Waals surface area (Å²) in [4.78, 5) is 7.62. The number of furan rings is 1. The Hall–Kier alpha value is -7.69. The molecule has 3 aliphatic carbocycles. The van der Waals surface area contributed by atoms with Gasteiger partial charge in [0.2, 0.25) is 0 Å². The Morgan fingerprint density at radius 1 is 0.590 bits per heavy atom. The van der Waals surface area contributed by atoms with Crippen molar-refractivity contribution in [3.05, 3.63) is 233 Å². The van der Waals surface area contributed by atoms with Gasteiger partial charge in [-0.2, -0.15) is 0 Å². The van der Waals surface area contributed by atoms with E-state index in [0.717, 1.165) is 40.5 Å². The number of aliphatic imine (C=N–C) groups is 1. The molecule has 4 heteroatoms. The van der Waals surface area contributed by atoms with E-state index >= 15 is 0 Å². The largest absolute Gasteiger partial charge is 0.456 e. The van der Waals surface area contributed by atoms with Crippen molar-refractivity contribution in [2.75, 3.05) is 4.90 Å². The lowest BCUT2D eigenvalue weighted by atomic mass is 9.83. The average Bonchev–Trinajstić information content (AvgIpc) is 4.07. The smallest absolute Gasteiger partial charge is 0.137 e. The van der Waals surface area contributed by atoms with Gasteiger partial charge in [-0.3, -0.25) is 4.99 Å². The number of hydrogen-bond acceptors (Lipinski definition) is 3. The molecule has 0 saturated carbocycles. The summed E-state index contributed by atoms with van der Waals surface area (Å²) in [5, 5.41) is 3.65. The second-order valence-electron chi connectivity index (χ2n) is 16.6. The molecule has 2 aromatic heterocycles. The van der Waals surface area contributed by atoms with Gasteiger partial charge in [0.25, 0.3) is 0 Å². The molecule has 0 saturated heterocycles. The third-order valence-electron chi connectivity index (χ3n) is 13.2. The van der Waals surface area contributed by atoms with Crippen LogP contribution in [-0.4, -0.2) is 22.5 Å². The monoisotopic (exact) mass is 781 g/mol. The second kappa shape index (κ2) is 13.4. The Kier molecular flexibility index (Phi) is 7.52. The molecule has 1 aliphatic heterocycles. The minimum absolute atomic E-state index is 0.100. The van der Waals surface area contributed by atoms with E-state index in [4.69, 9.17) is 9.41 Å². The summed E-state index contributed by atoms with van der Waals surface area (Å²) in [6.45, 7) is 0. The number of amidine groups is 1. The fraction of sp³-hybridized carbons (Fsp3) is 0.0702. The molecule has 0 radical (unpaired) electrons. The summed E-state index contributed by atoms with van der Waals surface area (Å²) in [5.74, 6) is 2.14. The molecule has 3 unspecified atom stereocenters. The normalized spacial score (nSPS) is 19.1. The van der Waals surface area contributed by atoms with E-state index in [2.05, 4.69) is 216 Å². The van der Waals surface area contributed by atoms with Gasteiger partial charge in [-0.25, -0.2) is 0 Å². The number of benzene rings is 7. The first kappa shape index (κ1) is 34.2. The zero-order valence-electron chi connectivity index (χ0n) is 33.3. The number of aromatic nitrogens is 1. The Morgan fingerprint density at radius 3 is 2.23 bits per heavy atom. The Labute approximate surface area is 354 Å². The summed E-state index contributed by atoms with van der Waals surface area (Å²) in [7, 11) is 0. The number of allylic oxidation sites excluding steroid dienone is 3. The van der Waals surface area contributed by atoms with Gasteiger partial charge in [0.15, 0.2) is 0 Å². The number of nitrogens with zero attached hydrogens (tertiary/aromatic N) is 3. The van der Waals surface area contributed by atoms with Crippen LogP contribution in [0.2, 0.25) is 0 Å². The van der Waals surface area contributed by atoms with Crippen LogP contribution in [0, 0.1) is 0 Å². The number of fused-ring (bicyclic) bond motifs is 10. The van der Waals surface area contributed by atoms with Crippen LogP contribution in [0.3, 0.4) is 0 Å². The van der Waals surface area contributed by atoms with Crippen molar-refractivity contribution in [1.82, 2.24) is 4.57 Å². The summed E-state index contributed by atoms with van der Waals surface area (Å²) in [6, 6.07) is 59.9. The molecular weight excluding hydrogens is 743 g/mol. The first-order chi connectivity index (χ1) is 30.2. The molecule has 13 rings (SSSR count). The first-order valence-electron chi connectivity index (χ1n) is 21.3. The van der Waals surface area contributed by atoms with Crippen LogP contribution in [0.4, 0.5) is 5.69 Å². The second-order valence-corrected chi connectivity index (χ2v) is 16.6.